The minimum absolute atomic E-state index is 0.239. The molecular formula is C21H25BrN2O3S. The Bertz CT molecular complexity index is 844. The van der Waals surface area contributed by atoms with Gasteiger partial charge in [-0.2, -0.15) is 0 Å². The summed E-state index contributed by atoms with van der Waals surface area (Å²) in [5.74, 6) is 0. The first-order valence-electron chi connectivity index (χ1n) is 9.11. The maximum Gasteiger partial charge on any atom is 0.410 e. The smallest absolute Gasteiger partial charge is 0.410 e. The van der Waals surface area contributed by atoms with E-state index in [2.05, 4.69) is 20.7 Å². The summed E-state index contributed by atoms with van der Waals surface area (Å²) in [4.78, 5) is 14.1. The molecule has 1 atom stereocenters. The van der Waals surface area contributed by atoms with Gasteiger partial charge in [0.2, 0.25) is 0 Å². The Balaban J connectivity index is 1.69. The molecule has 1 unspecified atom stereocenters. The van der Waals surface area contributed by atoms with E-state index in [-0.39, 0.29) is 12.7 Å². The second-order valence-electron chi connectivity index (χ2n) is 7.97. The van der Waals surface area contributed by atoms with Gasteiger partial charge in [0.1, 0.15) is 6.61 Å². The van der Waals surface area contributed by atoms with E-state index in [9.17, 15) is 9.00 Å². The molecule has 0 radical (unpaired) electrons. The third kappa shape index (κ3) is 4.82. The lowest BCUT2D eigenvalue weighted by molar-refractivity contribution is 0.0290. The number of likely N-dealkylation sites (tertiary alicyclic amines) is 1. The minimum Gasteiger partial charge on any atom is -0.445 e. The van der Waals surface area contributed by atoms with Crippen LogP contribution in [0.2, 0.25) is 0 Å². The number of halogens is 1. The van der Waals surface area contributed by atoms with Crippen molar-refractivity contribution in [2.45, 2.75) is 37.7 Å². The third-order valence-electron chi connectivity index (χ3n) is 4.63. The summed E-state index contributed by atoms with van der Waals surface area (Å²) in [6.07, 6.45) is -0.361. The molecule has 1 N–H and O–H groups in total. The van der Waals surface area contributed by atoms with Gasteiger partial charge in [0.15, 0.2) is 0 Å². The van der Waals surface area contributed by atoms with Crippen LogP contribution >= 0.6 is 15.9 Å². The fourth-order valence-corrected chi connectivity index (χ4v) is 4.12. The SMILES string of the molecule is CC(C)(C)S(=O)NC1(c2ccc(Br)cc2)CN(C(=O)OCc2ccccc2)C1. The molecule has 0 bridgehead atoms. The van der Waals surface area contributed by atoms with E-state index in [0.717, 1.165) is 15.6 Å². The number of carbonyl (C=O) groups excluding carboxylic acids is 1. The molecule has 3 rings (SSSR count). The second-order valence-corrected chi connectivity index (χ2v) is 10.9. The Labute approximate surface area is 177 Å². The van der Waals surface area contributed by atoms with Gasteiger partial charge in [-0.1, -0.05) is 58.4 Å². The average molecular weight is 465 g/mol. The van der Waals surface area contributed by atoms with Crippen LogP contribution in [0.5, 0.6) is 0 Å². The highest BCUT2D eigenvalue weighted by molar-refractivity contribution is 9.10. The van der Waals surface area contributed by atoms with E-state index in [4.69, 9.17) is 4.74 Å². The molecule has 5 nitrogen and oxygen atoms in total. The van der Waals surface area contributed by atoms with Crippen molar-refractivity contribution in [1.82, 2.24) is 9.62 Å². The molecule has 28 heavy (non-hydrogen) atoms. The Morgan fingerprint density at radius 2 is 1.75 bits per heavy atom. The van der Waals surface area contributed by atoms with Crippen molar-refractivity contribution in [3.05, 3.63) is 70.2 Å². The molecule has 1 heterocycles. The van der Waals surface area contributed by atoms with Crippen LogP contribution in [0.4, 0.5) is 4.79 Å². The normalized spacial score (nSPS) is 16.9. The van der Waals surface area contributed by atoms with Crippen LogP contribution in [0, 0.1) is 0 Å². The van der Waals surface area contributed by atoms with Gasteiger partial charge in [0.05, 0.1) is 21.3 Å². The van der Waals surface area contributed by atoms with Gasteiger partial charge in [-0.25, -0.2) is 13.7 Å². The van der Waals surface area contributed by atoms with Crippen molar-refractivity contribution in [1.29, 1.82) is 0 Å². The van der Waals surface area contributed by atoms with Crippen molar-refractivity contribution in [3.63, 3.8) is 0 Å². The van der Waals surface area contributed by atoms with Crippen LogP contribution in [0.15, 0.2) is 59.1 Å². The van der Waals surface area contributed by atoms with Crippen LogP contribution in [0.25, 0.3) is 0 Å². The molecule has 1 fully saturated rings. The highest BCUT2D eigenvalue weighted by Crippen LogP contribution is 2.34. The highest BCUT2D eigenvalue weighted by Gasteiger charge is 2.49. The maximum absolute atomic E-state index is 12.8. The predicted octanol–water partition coefficient (Wildman–Crippen LogP) is 4.35. The predicted molar refractivity (Wildman–Crippen MR) is 115 cm³/mol. The van der Waals surface area contributed by atoms with Crippen LogP contribution in [-0.4, -0.2) is 33.0 Å². The molecule has 1 saturated heterocycles. The minimum atomic E-state index is -1.26. The quantitative estimate of drug-likeness (QED) is 0.715. The van der Waals surface area contributed by atoms with E-state index in [0.29, 0.717) is 13.1 Å². The first-order valence-corrected chi connectivity index (χ1v) is 11.1. The first-order chi connectivity index (χ1) is 13.2. The summed E-state index contributed by atoms with van der Waals surface area (Å²) in [5.41, 5.74) is 1.40. The number of nitrogens with one attached hydrogen (secondary N) is 1. The Morgan fingerprint density at radius 1 is 1.14 bits per heavy atom. The van der Waals surface area contributed by atoms with Crippen LogP contribution in [0.3, 0.4) is 0 Å². The number of carbonyl (C=O) groups is 1. The maximum atomic E-state index is 12.8. The number of nitrogens with zero attached hydrogens (tertiary/aromatic N) is 1. The fraction of sp³-hybridized carbons (Fsp3) is 0.381. The average Bonchev–Trinajstić information content (AvgIpc) is 2.63. The van der Waals surface area contributed by atoms with Crippen LogP contribution < -0.4 is 4.72 Å². The lowest BCUT2D eigenvalue weighted by atomic mass is 9.84. The number of benzene rings is 2. The van der Waals surface area contributed by atoms with Gasteiger partial charge in [-0.05, 0) is 44.0 Å². The monoisotopic (exact) mass is 464 g/mol. The molecule has 0 aliphatic carbocycles. The van der Waals surface area contributed by atoms with Gasteiger partial charge in [0, 0.05) is 17.6 Å². The van der Waals surface area contributed by atoms with Gasteiger partial charge in [-0.3, -0.25) is 0 Å². The molecule has 0 saturated carbocycles. The largest absolute Gasteiger partial charge is 0.445 e. The molecule has 150 valence electrons. The van der Waals surface area contributed by atoms with E-state index in [1.807, 2.05) is 75.4 Å². The lowest BCUT2D eigenvalue weighted by Crippen LogP contribution is -2.69. The molecular weight excluding hydrogens is 440 g/mol. The Kier molecular flexibility index (Phi) is 6.27. The molecule has 7 heteroatoms. The Morgan fingerprint density at radius 3 is 2.32 bits per heavy atom. The zero-order valence-corrected chi connectivity index (χ0v) is 18.7. The summed E-state index contributed by atoms with van der Waals surface area (Å²) < 4.78 is 22.0. The summed E-state index contributed by atoms with van der Waals surface area (Å²) in [6, 6.07) is 17.5. The summed E-state index contributed by atoms with van der Waals surface area (Å²) in [5, 5.41) is 0. The second kappa shape index (κ2) is 8.35. The standard InChI is InChI=1S/C21H25BrN2O3S/c1-20(2,3)28(26)23-21(17-9-11-18(22)12-10-17)14-24(15-21)19(25)27-13-16-7-5-4-6-8-16/h4-12,23H,13-15H2,1-3H3. The van der Waals surface area contributed by atoms with Gasteiger partial charge >= 0.3 is 6.09 Å². The topological polar surface area (TPSA) is 58.6 Å². The van der Waals surface area contributed by atoms with E-state index in [1.165, 1.54) is 0 Å². The zero-order chi connectivity index (χ0) is 20.4. The van der Waals surface area contributed by atoms with Crippen LogP contribution in [-0.2, 0) is 27.9 Å². The van der Waals surface area contributed by atoms with Gasteiger partial charge in [0.25, 0.3) is 0 Å². The van der Waals surface area contributed by atoms with Crippen molar-refractivity contribution in [2.24, 2.45) is 0 Å². The van der Waals surface area contributed by atoms with Crippen molar-refractivity contribution in [2.75, 3.05) is 13.1 Å². The van der Waals surface area contributed by atoms with Crippen LogP contribution in [0.1, 0.15) is 31.9 Å². The number of rotatable bonds is 5. The number of hydrogen-bond donors (Lipinski definition) is 1. The molecule has 1 aliphatic rings. The van der Waals surface area contributed by atoms with E-state index < -0.39 is 21.3 Å². The molecule has 2 aromatic rings. The number of ether oxygens (including phenoxy) is 1. The zero-order valence-electron chi connectivity index (χ0n) is 16.3. The molecule has 0 spiro atoms. The summed E-state index contributed by atoms with van der Waals surface area (Å²) in [6.45, 7) is 6.83. The third-order valence-corrected chi connectivity index (χ3v) is 6.84. The number of amides is 1. The fourth-order valence-electron chi connectivity index (χ4n) is 2.95. The molecule has 1 aliphatic heterocycles. The molecule has 0 aromatic heterocycles. The molecule has 2 aromatic carbocycles. The summed E-state index contributed by atoms with van der Waals surface area (Å²) in [7, 11) is -1.26. The van der Waals surface area contributed by atoms with E-state index in [1.54, 1.807) is 4.90 Å². The Hall–Kier alpha value is -1.70. The van der Waals surface area contributed by atoms with Gasteiger partial charge < -0.3 is 9.64 Å². The van der Waals surface area contributed by atoms with Gasteiger partial charge in [-0.15, -0.1) is 0 Å². The van der Waals surface area contributed by atoms with Crippen molar-refractivity contribution in [3.8, 4) is 0 Å². The molecule has 1 amide bonds. The number of hydrogen-bond acceptors (Lipinski definition) is 3. The first kappa shape index (κ1) is 21.0. The highest BCUT2D eigenvalue weighted by atomic mass is 79.9. The summed E-state index contributed by atoms with van der Waals surface area (Å²) >= 11 is 3.45. The van der Waals surface area contributed by atoms with E-state index >= 15 is 0 Å². The lowest BCUT2D eigenvalue weighted by Gasteiger charge is -2.50. The van der Waals surface area contributed by atoms with Crippen molar-refractivity contribution < 1.29 is 13.7 Å². The van der Waals surface area contributed by atoms with Crippen molar-refractivity contribution >= 4 is 33.0 Å².